The highest BCUT2D eigenvalue weighted by Crippen LogP contribution is 2.19. The first-order valence-corrected chi connectivity index (χ1v) is 8.31. The van der Waals surface area contributed by atoms with Crippen molar-refractivity contribution in [1.29, 1.82) is 5.26 Å². The predicted molar refractivity (Wildman–Crippen MR) is 93.0 cm³/mol. The zero-order valence-corrected chi connectivity index (χ0v) is 13.9. The summed E-state index contributed by atoms with van der Waals surface area (Å²) >= 11 is 0. The second-order valence-corrected chi connectivity index (χ2v) is 6.21. The Balaban J connectivity index is 1.63. The number of carbonyl (C=O) groups is 1. The van der Waals surface area contributed by atoms with Gasteiger partial charge >= 0.3 is 0 Å². The number of likely N-dealkylation sites (tertiary alicyclic amines) is 1. The third kappa shape index (κ3) is 4.17. The molecule has 1 aliphatic rings. The summed E-state index contributed by atoms with van der Waals surface area (Å²) in [6.45, 7) is 1.78. The van der Waals surface area contributed by atoms with Gasteiger partial charge in [0.05, 0.1) is 11.6 Å². The maximum Gasteiger partial charge on any atom is 0.253 e. The number of amides is 1. The summed E-state index contributed by atoms with van der Waals surface area (Å²) in [6, 6.07) is 16.4. The number of benzene rings is 2. The molecule has 0 radical (unpaired) electrons. The molecule has 2 aromatic rings. The topological polar surface area (TPSA) is 73.6 Å². The van der Waals surface area contributed by atoms with Crippen molar-refractivity contribution in [1.82, 2.24) is 4.90 Å². The molecule has 1 unspecified atom stereocenters. The summed E-state index contributed by atoms with van der Waals surface area (Å²) in [5, 5.41) is 18.0. The van der Waals surface area contributed by atoms with Gasteiger partial charge < -0.3 is 14.7 Å². The Labute approximate surface area is 147 Å². The number of hydrogen-bond acceptors (Lipinski definition) is 4. The van der Waals surface area contributed by atoms with E-state index in [-0.39, 0.29) is 18.4 Å². The van der Waals surface area contributed by atoms with Crippen LogP contribution in [0.5, 0.6) is 5.75 Å². The largest absolute Gasteiger partial charge is 0.489 e. The highest BCUT2D eigenvalue weighted by atomic mass is 16.5. The minimum absolute atomic E-state index is 0.00354. The van der Waals surface area contributed by atoms with Crippen LogP contribution in [0, 0.1) is 17.2 Å². The van der Waals surface area contributed by atoms with Crippen molar-refractivity contribution >= 4 is 5.91 Å². The molecule has 128 valence electrons. The number of rotatable bonds is 5. The van der Waals surface area contributed by atoms with E-state index in [2.05, 4.69) is 6.07 Å². The van der Waals surface area contributed by atoms with E-state index in [0.29, 0.717) is 36.6 Å². The summed E-state index contributed by atoms with van der Waals surface area (Å²) in [4.78, 5) is 14.4. The molecule has 1 heterocycles. The molecule has 0 saturated carbocycles. The molecular weight excluding hydrogens is 316 g/mol. The summed E-state index contributed by atoms with van der Waals surface area (Å²) in [6.07, 6.45) is 0.851. The Morgan fingerprint density at radius 3 is 2.76 bits per heavy atom. The van der Waals surface area contributed by atoms with Gasteiger partial charge in [0.1, 0.15) is 12.4 Å². The Morgan fingerprint density at radius 1 is 1.28 bits per heavy atom. The Kier molecular flexibility index (Phi) is 5.32. The fraction of sp³-hybridized carbons (Fsp3) is 0.300. The summed E-state index contributed by atoms with van der Waals surface area (Å²) in [7, 11) is 0. The van der Waals surface area contributed by atoms with Gasteiger partial charge in [0.2, 0.25) is 0 Å². The van der Waals surface area contributed by atoms with Crippen LogP contribution in [0.1, 0.15) is 27.9 Å². The molecule has 0 aromatic heterocycles. The third-order valence-corrected chi connectivity index (χ3v) is 4.39. The molecule has 1 saturated heterocycles. The number of aliphatic hydroxyl groups excluding tert-OH is 1. The lowest BCUT2D eigenvalue weighted by Crippen LogP contribution is -2.29. The van der Waals surface area contributed by atoms with Crippen molar-refractivity contribution in [3.8, 4) is 11.8 Å². The number of ether oxygens (including phenoxy) is 1. The highest BCUT2D eigenvalue weighted by Gasteiger charge is 2.26. The van der Waals surface area contributed by atoms with Crippen molar-refractivity contribution in [3.63, 3.8) is 0 Å². The number of nitrogens with zero attached hydrogens (tertiary/aromatic N) is 2. The van der Waals surface area contributed by atoms with E-state index in [1.165, 1.54) is 0 Å². The van der Waals surface area contributed by atoms with E-state index in [0.717, 1.165) is 12.0 Å². The molecule has 1 aliphatic heterocycles. The van der Waals surface area contributed by atoms with Gasteiger partial charge in [-0.2, -0.15) is 5.26 Å². The molecule has 5 heteroatoms. The van der Waals surface area contributed by atoms with E-state index >= 15 is 0 Å². The molecule has 0 bridgehead atoms. The molecule has 1 amide bonds. The van der Waals surface area contributed by atoms with Gasteiger partial charge in [-0.05, 0) is 48.4 Å². The Morgan fingerprint density at radius 2 is 2.08 bits per heavy atom. The van der Waals surface area contributed by atoms with Gasteiger partial charge in [0.25, 0.3) is 5.91 Å². The van der Waals surface area contributed by atoms with Crippen LogP contribution in [0.2, 0.25) is 0 Å². The summed E-state index contributed by atoms with van der Waals surface area (Å²) < 4.78 is 5.72. The van der Waals surface area contributed by atoms with Crippen LogP contribution in [0.3, 0.4) is 0 Å². The van der Waals surface area contributed by atoms with E-state index in [1.54, 1.807) is 35.2 Å². The van der Waals surface area contributed by atoms with Crippen molar-refractivity contribution in [2.24, 2.45) is 5.92 Å². The van der Waals surface area contributed by atoms with Gasteiger partial charge in [0.15, 0.2) is 0 Å². The van der Waals surface area contributed by atoms with Crippen molar-refractivity contribution < 1.29 is 14.6 Å². The Hall–Kier alpha value is -2.84. The lowest BCUT2D eigenvalue weighted by Gasteiger charge is -2.16. The summed E-state index contributed by atoms with van der Waals surface area (Å²) in [5.74, 6) is 0.865. The van der Waals surface area contributed by atoms with Crippen LogP contribution >= 0.6 is 0 Å². The fourth-order valence-electron chi connectivity index (χ4n) is 2.94. The third-order valence-electron chi connectivity index (χ3n) is 4.39. The number of hydrogen-bond donors (Lipinski definition) is 1. The highest BCUT2D eigenvalue weighted by molar-refractivity contribution is 5.94. The average molecular weight is 336 g/mol. The standard InChI is InChI=1S/C20H20N2O3/c21-11-15-4-6-19(7-5-15)25-14-16-2-1-3-18(10-16)20(24)22-9-8-17(12-22)13-23/h1-7,10,17,23H,8-9,12-14H2. The number of carbonyl (C=O) groups excluding carboxylic acids is 1. The second-order valence-electron chi connectivity index (χ2n) is 6.21. The normalized spacial score (nSPS) is 16.5. The summed E-state index contributed by atoms with van der Waals surface area (Å²) in [5.41, 5.74) is 2.14. The second kappa shape index (κ2) is 7.82. The average Bonchev–Trinajstić information content (AvgIpc) is 3.15. The van der Waals surface area contributed by atoms with Gasteiger partial charge in [0, 0.05) is 31.2 Å². The smallest absolute Gasteiger partial charge is 0.253 e. The quantitative estimate of drug-likeness (QED) is 0.911. The van der Waals surface area contributed by atoms with Crippen LogP contribution in [-0.2, 0) is 6.61 Å². The molecule has 5 nitrogen and oxygen atoms in total. The number of aliphatic hydroxyl groups is 1. The molecule has 0 aliphatic carbocycles. The molecule has 0 spiro atoms. The predicted octanol–water partition coefficient (Wildman–Crippen LogP) is 2.59. The first kappa shape index (κ1) is 17.0. The zero-order chi connectivity index (χ0) is 17.6. The van der Waals surface area contributed by atoms with Crippen molar-refractivity contribution in [2.75, 3.05) is 19.7 Å². The fourth-order valence-corrected chi connectivity index (χ4v) is 2.94. The van der Waals surface area contributed by atoms with Crippen LogP contribution in [0.4, 0.5) is 0 Å². The SMILES string of the molecule is N#Cc1ccc(OCc2cccc(C(=O)N3CCC(CO)C3)c2)cc1. The van der Waals surface area contributed by atoms with Crippen molar-refractivity contribution in [3.05, 3.63) is 65.2 Å². The van der Waals surface area contributed by atoms with Gasteiger partial charge in [-0.25, -0.2) is 0 Å². The molecule has 25 heavy (non-hydrogen) atoms. The van der Waals surface area contributed by atoms with Crippen LogP contribution in [0.25, 0.3) is 0 Å². The van der Waals surface area contributed by atoms with Crippen LogP contribution in [0.15, 0.2) is 48.5 Å². The van der Waals surface area contributed by atoms with E-state index in [4.69, 9.17) is 10.00 Å². The Bertz CT molecular complexity index is 780. The van der Waals surface area contributed by atoms with E-state index in [1.807, 2.05) is 18.2 Å². The molecule has 1 fully saturated rings. The monoisotopic (exact) mass is 336 g/mol. The number of nitriles is 1. The van der Waals surface area contributed by atoms with E-state index < -0.39 is 0 Å². The lowest BCUT2D eigenvalue weighted by molar-refractivity contribution is 0.0781. The maximum atomic E-state index is 12.6. The van der Waals surface area contributed by atoms with E-state index in [9.17, 15) is 9.90 Å². The first-order chi connectivity index (χ1) is 12.2. The molecule has 1 N–H and O–H groups in total. The van der Waals surface area contributed by atoms with Crippen LogP contribution in [-0.4, -0.2) is 35.6 Å². The van der Waals surface area contributed by atoms with Crippen LogP contribution < -0.4 is 4.74 Å². The maximum absolute atomic E-state index is 12.6. The van der Waals surface area contributed by atoms with Gasteiger partial charge in [-0.1, -0.05) is 12.1 Å². The first-order valence-electron chi connectivity index (χ1n) is 8.31. The van der Waals surface area contributed by atoms with Gasteiger partial charge in [-0.3, -0.25) is 4.79 Å². The minimum Gasteiger partial charge on any atom is -0.489 e. The molecule has 1 atom stereocenters. The molecule has 3 rings (SSSR count). The van der Waals surface area contributed by atoms with Crippen molar-refractivity contribution in [2.45, 2.75) is 13.0 Å². The zero-order valence-electron chi connectivity index (χ0n) is 13.9. The molecule has 2 aromatic carbocycles. The lowest BCUT2D eigenvalue weighted by atomic mass is 10.1. The minimum atomic E-state index is -0.00354. The van der Waals surface area contributed by atoms with Gasteiger partial charge in [-0.15, -0.1) is 0 Å². The molecular formula is C20H20N2O3.